The zero-order chi connectivity index (χ0) is 24.7. The van der Waals surface area contributed by atoms with Crippen LogP contribution >= 0.6 is 0 Å². The lowest BCUT2D eigenvalue weighted by Gasteiger charge is -2.25. The molecule has 2 aromatic rings. The fourth-order valence-corrected chi connectivity index (χ4v) is 3.56. The highest BCUT2D eigenvalue weighted by molar-refractivity contribution is 5.81. The highest BCUT2D eigenvalue weighted by Crippen LogP contribution is 2.25. The molecule has 1 aliphatic heterocycles. The summed E-state index contributed by atoms with van der Waals surface area (Å²) in [5.41, 5.74) is 0. The molecule has 1 aromatic heterocycles. The molecule has 1 amide bonds. The van der Waals surface area contributed by atoms with E-state index in [4.69, 9.17) is 13.9 Å². The zero-order valence-electron chi connectivity index (χ0n) is 19.0. The van der Waals surface area contributed by atoms with E-state index in [-0.39, 0.29) is 30.0 Å². The van der Waals surface area contributed by atoms with Gasteiger partial charge >= 0.3 is 12.3 Å². The lowest BCUT2D eigenvalue weighted by atomic mass is 10.3. The van der Waals surface area contributed by atoms with Crippen LogP contribution in [0.25, 0.3) is 0 Å². The van der Waals surface area contributed by atoms with Gasteiger partial charge in [0.1, 0.15) is 29.6 Å². The van der Waals surface area contributed by atoms with E-state index in [1.165, 1.54) is 19.1 Å². The van der Waals surface area contributed by atoms with E-state index < -0.39 is 12.5 Å². The van der Waals surface area contributed by atoms with E-state index >= 15 is 0 Å². The number of ether oxygens (including phenoxy) is 3. The summed E-state index contributed by atoms with van der Waals surface area (Å²) in [6, 6.07) is 8.54. The Hall–Kier alpha value is -3.21. The number of alkyl halides is 3. The van der Waals surface area contributed by atoms with Gasteiger partial charge < -0.3 is 23.5 Å². The average Bonchev–Trinajstić information content (AvgIpc) is 3.08. The SMILES string of the molecule is CC(=O)OCc1ccc(CN2CCCN(C(=O)C(C)Oc3ccc(OC(F)(F)F)cc3)CC2)o1. The minimum Gasteiger partial charge on any atom is -0.481 e. The molecule has 3 rings (SSSR count). The normalized spacial score (nSPS) is 16.0. The number of carbonyl (C=O) groups excluding carboxylic acids is 2. The van der Waals surface area contributed by atoms with Crippen LogP contribution in [-0.2, 0) is 27.5 Å². The smallest absolute Gasteiger partial charge is 0.481 e. The van der Waals surface area contributed by atoms with E-state index in [1.807, 2.05) is 6.07 Å². The van der Waals surface area contributed by atoms with Gasteiger partial charge in [0.2, 0.25) is 0 Å². The Kier molecular flexibility index (Phi) is 8.43. The number of amides is 1. The average molecular weight is 484 g/mol. The van der Waals surface area contributed by atoms with Gasteiger partial charge in [-0.2, -0.15) is 0 Å². The predicted octanol–water partition coefficient (Wildman–Crippen LogP) is 3.74. The molecular weight excluding hydrogens is 457 g/mol. The summed E-state index contributed by atoms with van der Waals surface area (Å²) in [5.74, 6) is 0.660. The van der Waals surface area contributed by atoms with Gasteiger partial charge in [0.05, 0.1) is 6.54 Å². The van der Waals surface area contributed by atoms with Crippen molar-refractivity contribution in [1.82, 2.24) is 9.80 Å². The molecule has 1 aliphatic rings. The summed E-state index contributed by atoms with van der Waals surface area (Å²) in [7, 11) is 0. The Labute approximate surface area is 195 Å². The molecule has 8 nitrogen and oxygen atoms in total. The van der Waals surface area contributed by atoms with E-state index in [1.54, 1.807) is 17.9 Å². The molecule has 0 spiro atoms. The number of benzene rings is 1. The molecule has 0 radical (unpaired) electrons. The van der Waals surface area contributed by atoms with Crippen molar-refractivity contribution in [2.24, 2.45) is 0 Å². The molecule has 1 atom stereocenters. The number of rotatable bonds is 8. The van der Waals surface area contributed by atoms with Gasteiger partial charge in [-0.15, -0.1) is 13.2 Å². The maximum atomic E-state index is 12.9. The summed E-state index contributed by atoms with van der Waals surface area (Å²) in [5, 5.41) is 0. The molecule has 2 heterocycles. The first kappa shape index (κ1) is 25.4. The van der Waals surface area contributed by atoms with Crippen LogP contribution in [0.5, 0.6) is 11.5 Å². The van der Waals surface area contributed by atoms with Crippen molar-refractivity contribution in [3.05, 3.63) is 47.9 Å². The summed E-state index contributed by atoms with van der Waals surface area (Å²) >= 11 is 0. The molecule has 0 saturated carbocycles. The first-order chi connectivity index (χ1) is 16.1. The predicted molar refractivity (Wildman–Crippen MR) is 114 cm³/mol. The number of carbonyl (C=O) groups is 2. The zero-order valence-corrected chi connectivity index (χ0v) is 19.0. The lowest BCUT2D eigenvalue weighted by Crippen LogP contribution is -2.42. The summed E-state index contributed by atoms with van der Waals surface area (Å²) in [4.78, 5) is 27.7. The minimum atomic E-state index is -4.77. The quantitative estimate of drug-likeness (QED) is 0.528. The fraction of sp³-hybridized carbons (Fsp3) is 0.478. The standard InChI is InChI=1S/C23H27F3N2O6/c1-16(32-18-4-6-19(7-5-18)34-23(24,25)26)22(30)28-11-3-10-27(12-13-28)14-20-8-9-21(33-20)15-31-17(2)29/h4-9,16H,3,10-15H2,1-2H3. The molecule has 1 aromatic carbocycles. The number of hydrogen-bond donors (Lipinski definition) is 0. The van der Waals surface area contributed by atoms with Crippen LogP contribution in [0, 0.1) is 0 Å². The Morgan fingerprint density at radius 1 is 1.00 bits per heavy atom. The molecule has 1 unspecified atom stereocenters. The van der Waals surface area contributed by atoms with Gasteiger partial charge in [0, 0.05) is 33.1 Å². The Balaban J connectivity index is 1.47. The number of esters is 1. The number of furan rings is 1. The van der Waals surface area contributed by atoms with E-state index in [0.29, 0.717) is 31.9 Å². The van der Waals surface area contributed by atoms with Crippen molar-refractivity contribution in [2.45, 2.75) is 45.9 Å². The van der Waals surface area contributed by atoms with Crippen LogP contribution in [-0.4, -0.2) is 60.3 Å². The molecule has 0 bridgehead atoms. The molecule has 0 aliphatic carbocycles. The molecule has 34 heavy (non-hydrogen) atoms. The van der Waals surface area contributed by atoms with E-state index in [2.05, 4.69) is 9.64 Å². The Bertz CT molecular complexity index is 960. The Morgan fingerprint density at radius 3 is 2.35 bits per heavy atom. The second-order valence-electron chi connectivity index (χ2n) is 7.88. The summed E-state index contributed by atoms with van der Waals surface area (Å²) in [6.45, 7) is 6.10. The Morgan fingerprint density at radius 2 is 1.68 bits per heavy atom. The third-order valence-corrected chi connectivity index (χ3v) is 5.13. The van der Waals surface area contributed by atoms with Crippen LogP contribution in [0.2, 0.25) is 0 Å². The van der Waals surface area contributed by atoms with Crippen LogP contribution in [0.3, 0.4) is 0 Å². The van der Waals surface area contributed by atoms with Gasteiger partial charge in [-0.3, -0.25) is 14.5 Å². The van der Waals surface area contributed by atoms with Crippen molar-refractivity contribution in [3.63, 3.8) is 0 Å². The maximum absolute atomic E-state index is 12.9. The van der Waals surface area contributed by atoms with Gasteiger partial charge in [-0.1, -0.05) is 0 Å². The second kappa shape index (κ2) is 11.3. The maximum Gasteiger partial charge on any atom is 0.573 e. The van der Waals surface area contributed by atoms with Gasteiger partial charge in [0.15, 0.2) is 6.10 Å². The summed E-state index contributed by atoms with van der Waals surface area (Å²) in [6.07, 6.45) is -4.80. The molecule has 1 saturated heterocycles. The van der Waals surface area contributed by atoms with Gasteiger partial charge in [0.25, 0.3) is 5.91 Å². The van der Waals surface area contributed by atoms with Crippen LogP contribution in [0.15, 0.2) is 40.8 Å². The lowest BCUT2D eigenvalue weighted by molar-refractivity contribution is -0.274. The largest absolute Gasteiger partial charge is 0.573 e. The topological polar surface area (TPSA) is 81.5 Å². The molecule has 186 valence electrons. The first-order valence-corrected chi connectivity index (χ1v) is 10.8. The van der Waals surface area contributed by atoms with Crippen LogP contribution in [0.1, 0.15) is 31.8 Å². The number of nitrogens with zero attached hydrogens (tertiary/aromatic N) is 2. The number of halogens is 3. The van der Waals surface area contributed by atoms with Crippen LogP contribution in [0.4, 0.5) is 13.2 Å². The highest BCUT2D eigenvalue weighted by atomic mass is 19.4. The van der Waals surface area contributed by atoms with Crippen molar-refractivity contribution in [2.75, 3.05) is 26.2 Å². The molecule has 0 N–H and O–H groups in total. The molecule has 1 fully saturated rings. The van der Waals surface area contributed by atoms with E-state index in [9.17, 15) is 22.8 Å². The molecular formula is C23H27F3N2O6. The van der Waals surface area contributed by atoms with E-state index in [0.717, 1.165) is 30.9 Å². The molecule has 11 heteroatoms. The third-order valence-electron chi connectivity index (χ3n) is 5.13. The van der Waals surface area contributed by atoms with Gasteiger partial charge in [-0.25, -0.2) is 0 Å². The fourth-order valence-electron chi connectivity index (χ4n) is 3.56. The first-order valence-electron chi connectivity index (χ1n) is 10.8. The highest BCUT2D eigenvalue weighted by Gasteiger charge is 2.31. The number of hydrogen-bond acceptors (Lipinski definition) is 7. The van der Waals surface area contributed by atoms with Crippen molar-refractivity contribution in [1.29, 1.82) is 0 Å². The van der Waals surface area contributed by atoms with Gasteiger partial charge in [-0.05, 0) is 49.7 Å². The van der Waals surface area contributed by atoms with Crippen LogP contribution < -0.4 is 9.47 Å². The minimum absolute atomic E-state index is 0.0909. The van der Waals surface area contributed by atoms with Crippen molar-refractivity contribution < 1.29 is 41.4 Å². The summed E-state index contributed by atoms with van der Waals surface area (Å²) < 4.78 is 56.9. The monoisotopic (exact) mass is 484 g/mol. The van der Waals surface area contributed by atoms with Crippen molar-refractivity contribution in [3.8, 4) is 11.5 Å². The second-order valence-corrected chi connectivity index (χ2v) is 7.88. The third kappa shape index (κ3) is 7.98. The van der Waals surface area contributed by atoms with Crippen molar-refractivity contribution >= 4 is 11.9 Å².